The molecule has 0 radical (unpaired) electrons. The maximum Gasteiger partial charge on any atom is 0.338 e. The standard InChI is InChI=1S/C27H26N4O5/c1-17-21(13-14-26(33)35-3)18(2)31(30-17)20-11-9-19(10-12-20)27(34)36-16-25(32)29-24-8-4-7-23-22(24)6-5-15-28-23/h4-12,15H,13-14,16H2,1-3H3,(H,29,32). The number of carbonyl (C=O) groups is 3. The van der Waals surface area contributed by atoms with E-state index in [1.165, 1.54) is 7.11 Å². The van der Waals surface area contributed by atoms with E-state index < -0.39 is 18.5 Å². The van der Waals surface area contributed by atoms with E-state index in [2.05, 4.69) is 15.4 Å². The summed E-state index contributed by atoms with van der Waals surface area (Å²) < 4.78 is 11.7. The number of pyridine rings is 1. The van der Waals surface area contributed by atoms with Gasteiger partial charge < -0.3 is 14.8 Å². The molecule has 0 aliphatic heterocycles. The van der Waals surface area contributed by atoms with E-state index in [4.69, 9.17) is 9.47 Å². The molecule has 36 heavy (non-hydrogen) atoms. The van der Waals surface area contributed by atoms with Crippen molar-refractivity contribution in [3.63, 3.8) is 0 Å². The monoisotopic (exact) mass is 486 g/mol. The molecule has 0 bridgehead atoms. The Balaban J connectivity index is 1.37. The fourth-order valence-corrected chi connectivity index (χ4v) is 3.97. The van der Waals surface area contributed by atoms with Gasteiger partial charge in [-0.2, -0.15) is 5.10 Å². The Morgan fingerprint density at radius 2 is 1.78 bits per heavy atom. The van der Waals surface area contributed by atoms with Crippen LogP contribution < -0.4 is 5.32 Å². The number of anilines is 1. The average molecular weight is 487 g/mol. The minimum atomic E-state index is -0.608. The molecule has 0 spiro atoms. The van der Waals surface area contributed by atoms with Gasteiger partial charge in [0.15, 0.2) is 6.61 Å². The molecule has 2 heterocycles. The van der Waals surface area contributed by atoms with Crippen molar-refractivity contribution in [2.75, 3.05) is 19.0 Å². The number of carbonyl (C=O) groups excluding carboxylic acids is 3. The Morgan fingerprint density at radius 1 is 1.00 bits per heavy atom. The van der Waals surface area contributed by atoms with Gasteiger partial charge in [0.05, 0.1) is 35.3 Å². The highest BCUT2D eigenvalue weighted by atomic mass is 16.5. The Labute approximate surface area is 208 Å². The highest BCUT2D eigenvalue weighted by Gasteiger charge is 2.16. The summed E-state index contributed by atoms with van der Waals surface area (Å²) in [6, 6.07) is 15.8. The number of hydrogen-bond donors (Lipinski definition) is 1. The molecule has 184 valence electrons. The zero-order chi connectivity index (χ0) is 25.7. The SMILES string of the molecule is COC(=O)CCc1c(C)nn(-c2ccc(C(=O)OCC(=O)Nc3cccc4ncccc34)cc2)c1C. The zero-order valence-electron chi connectivity index (χ0n) is 20.3. The normalized spacial score (nSPS) is 10.8. The molecule has 0 atom stereocenters. The molecule has 0 aliphatic carbocycles. The maximum absolute atomic E-state index is 12.5. The van der Waals surface area contributed by atoms with Crippen LogP contribution in [0.1, 0.15) is 33.7 Å². The van der Waals surface area contributed by atoms with Crippen molar-refractivity contribution in [2.45, 2.75) is 26.7 Å². The van der Waals surface area contributed by atoms with Crippen LogP contribution in [0, 0.1) is 13.8 Å². The first-order valence-electron chi connectivity index (χ1n) is 11.4. The minimum absolute atomic E-state index is 0.271. The minimum Gasteiger partial charge on any atom is -0.469 e. The zero-order valence-corrected chi connectivity index (χ0v) is 20.3. The van der Waals surface area contributed by atoms with E-state index in [0.717, 1.165) is 33.5 Å². The van der Waals surface area contributed by atoms with E-state index in [9.17, 15) is 14.4 Å². The molecule has 2 aromatic carbocycles. The Morgan fingerprint density at radius 3 is 2.53 bits per heavy atom. The van der Waals surface area contributed by atoms with Gasteiger partial charge in [-0.15, -0.1) is 0 Å². The van der Waals surface area contributed by atoms with Crippen molar-refractivity contribution in [2.24, 2.45) is 0 Å². The number of benzene rings is 2. The Bertz CT molecular complexity index is 1420. The molecular weight excluding hydrogens is 460 g/mol. The van der Waals surface area contributed by atoms with Crippen LogP contribution in [0.5, 0.6) is 0 Å². The van der Waals surface area contributed by atoms with Gasteiger partial charge in [-0.1, -0.05) is 6.07 Å². The predicted molar refractivity (Wildman–Crippen MR) is 134 cm³/mol. The van der Waals surface area contributed by atoms with Crippen molar-refractivity contribution in [3.8, 4) is 5.69 Å². The summed E-state index contributed by atoms with van der Waals surface area (Å²) in [5.74, 6) is -1.32. The predicted octanol–water partition coefficient (Wildman–Crippen LogP) is 3.94. The van der Waals surface area contributed by atoms with Crippen LogP contribution >= 0.6 is 0 Å². The smallest absolute Gasteiger partial charge is 0.338 e. The average Bonchev–Trinajstić information content (AvgIpc) is 3.18. The molecule has 0 unspecified atom stereocenters. The summed E-state index contributed by atoms with van der Waals surface area (Å²) >= 11 is 0. The number of aromatic nitrogens is 3. The summed E-state index contributed by atoms with van der Waals surface area (Å²) in [4.78, 5) is 40.6. The first kappa shape index (κ1) is 24.6. The second-order valence-corrected chi connectivity index (χ2v) is 8.18. The van der Waals surface area contributed by atoms with E-state index in [1.807, 2.05) is 26.0 Å². The number of nitrogens with one attached hydrogen (secondary N) is 1. The topological polar surface area (TPSA) is 112 Å². The van der Waals surface area contributed by atoms with Crippen LogP contribution in [0.3, 0.4) is 0 Å². The lowest BCUT2D eigenvalue weighted by Crippen LogP contribution is -2.21. The molecule has 1 amide bonds. The third-order valence-corrected chi connectivity index (χ3v) is 5.85. The summed E-state index contributed by atoms with van der Waals surface area (Å²) in [6.07, 6.45) is 2.49. The number of amides is 1. The van der Waals surface area contributed by atoms with E-state index in [-0.39, 0.29) is 12.4 Å². The van der Waals surface area contributed by atoms with E-state index in [0.29, 0.717) is 17.7 Å². The van der Waals surface area contributed by atoms with Gasteiger partial charge in [0.2, 0.25) is 0 Å². The van der Waals surface area contributed by atoms with Crippen molar-refractivity contribution < 1.29 is 23.9 Å². The van der Waals surface area contributed by atoms with Crippen molar-refractivity contribution in [1.82, 2.24) is 14.8 Å². The molecule has 4 rings (SSSR count). The Hall–Kier alpha value is -4.53. The molecule has 0 saturated carbocycles. The highest BCUT2D eigenvalue weighted by Crippen LogP contribution is 2.22. The summed E-state index contributed by atoms with van der Waals surface area (Å²) in [6.45, 7) is 3.40. The number of ether oxygens (including phenoxy) is 2. The number of aryl methyl sites for hydroxylation is 1. The van der Waals surface area contributed by atoms with Crippen LogP contribution in [0.15, 0.2) is 60.8 Å². The quantitative estimate of drug-likeness (QED) is 0.376. The fourth-order valence-electron chi connectivity index (χ4n) is 3.97. The van der Waals surface area contributed by atoms with Crippen LogP contribution in [0.25, 0.3) is 16.6 Å². The van der Waals surface area contributed by atoms with E-state index in [1.54, 1.807) is 53.3 Å². The number of methoxy groups -OCH3 is 1. The summed E-state index contributed by atoms with van der Waals surface area (Å²) in [5.41, 5.74) is 5.15. The molecule has 9 nitrogen and oxygen atoms in total. The molecule has 2 aromatic heterocycles. The first-order chi connectivity index (χ1) is 17.4. The third-order valence-electron chi connectivity index (χ3n) is 5.85. The van der Waals surface area contributed by atoms with Gasteiger partial charge in [0.25, 0.3) is 5.91 Å². The molecule has 0 saturated heterocycles. The lowest BCUT2D eigenvalue weighted by Gasteiger charge is -2.09. The number of rotatable bonds is 8. The van der Waals surface area contributed by atoms with Gasteiger partial charge in [-0.05, 0) is 74.4 Å². The second kappa shape index (κ2) is 10.8. The van der Waals surface area contributed by atoms with Crippen LogP contribution in [0.2, 0.25) is 0 Å². The van der Waals surface area contributed by atoms with Gasteiger partial charge >= 0.3 is 11.9 Å². The number of nitrogens with zero attached hydrogens (tertiary/aromatic N) is 3. The van der Waals surface area contributed by atoms with Gasteiger partial charge in [-0.25, -0.2) is 9.48 Å². The van der Waals surface area contributed by atoms with Gasteiger partial charge in [0, 0.05) is 23.7 Å². The molecule has 9 heteroatoms. The number of hydrogen-bond acceptors (Lipinski definition) is 7. The van der Waals surface area contributed by atoms with Crippen molar-refractivity contribution in [3.05, 3.63) is 83.3 Å². The Kier molecular flexibility index (Phi) is 7.39. The van der Waals surface area contributed by atoms with Crippen LogP contribution in [-0.2, 0) is 25.5 Å². The molecule has 4 aromatic rings. The van der Waals surface area contributed by atoms with Crippen molar-refractivity contribution in [1.29, 1.82) is 0 Å². The van der Waals surface area contributed by atoms with Gasteiger partial charge in [0.1, 0.15) is 0 Å². The highest BCUT2D eigenvalue weighted by molar-refractivity contribution is 6.02. The van der Waals surface area contributed by atoms with Crippen LogP contribution in [0.4, 0.5) is 5.69 Å². The largest absolute Gasteiger partial charge is 0.469 e. The number of esters is 2. The lowest BCUT2D eigenvalue weighted by molar-refractivity contribution is -0.140. The lowest BCUT2D eigenvalue weighted by atomic mass is 10.1. The molecule has 1 N–H and O–H groups in total. The fraction of sp³-hybridized carbons (Fsp3) is 0.222. The second-order valence-electron chi connectivity index (χ2n) is 8.18. The summed E-state index contributed by atoms with van der Waals surface area (Å²) in [5, 5.41) is 8.13. The van der Waals surface area contributed by atoms with Crippen molar-refractivity contribution >= 4 is 34.4 Å². The van der Waals surface area contributed by atoms with Gasteiger partial charge in [-0.3, -0.25) is 14.6 Å². The van der Waals surface area contributed by atoms with Crippen LogP contribution in [-0.4, -0.2) is 46.3 Å². The first-order valence-corrected chi connectivity index (χ1v) is 11.4. The van der Waals surface area contributed by atoms with E-state index >= 15 is 0 Å². The summed E-state index contributed by atoms with van der Waals surface area (Å²) in [7, 11) is 1.37. The number of fused-ring (bicyclic) bond motifs is 1. The molecule has 0 fully saturated rings. The third kappa shape index (κ3) is 5.41. The molecular formula is C27H26N4O5. The maximum atomic E-state index is 12.5. The molecule has 0 aliphatic rings.